The maximum atomic E-state index is 5.30. The first-order valence-corrected chi connectivity index (χ1v) is 16.2. The molecule has 9 aromatic rings. The fourth-order valence-corrected chi connectivity index (χ4v) is 8.25. The SMILES string of the molecule is CC1(C)c2ccccc2-c2c1c1c3ccccc3n(-c3cccc(-c4ccccn4)n3)c1c1c3ccccc3n(-c3ccccc3)c21. The van der Waals surface area contributed by atoms with Gasteiger partial charge in [-0.2, -0.15) is 0 Å². The van der Waals surface area contributed by atoms with Crippen molar-refractivity contribution < 1.29 is 0 Å². The van der Waals surface area contributed by atoms with Crippen molar-refractivity contribution in [1.29, 1.82) is 0 Å². The summed E-state index contributed by atoms with van der Waals surface area (Å²) in [5, 5.41) is 5.01. The van der Waals surface area contributed by atoms with Crippen LogP contribution in [0.4, 0.5) is 0 Å². The Hall–Kier alpha value is -6.00. The fraction of sp³-hybridized carbons (Fsp3) is 0.0698. The first kappa shape index (κ1) is 26.2. The predicted molar refractivity (Wildman–Crippen MR) is 194 cm³/mol. The van der Waals surface area contributed by atoms with E-state index in [0.717, 1.165) is 28.4 Å². The van der Waals surface area contributed by atoms with Crippen molar-refractivity contribution >= 4 is 43.6 Å². The van der Waals surface area contributed by atoms with Gasteiger partial charge in [0.2, 0.25) is 0 Å². The molecule has 0 atom stereocenters. The number of rotatable bonds is 3. The molecule has 1 aliphatic rings. The van der Waals surface area contributed by atoms with E-state index in [1.165, 1.54) is 60.3 Å². The Kier molecular flexibility index (Phi) is 5.31. The van der Waals surface area contributed by atoms with E-state index >= 15 is 0 Å². The van der Waals surface area contributed by atoms with Gasteiger partial charge in [0.1, 0.15) is 5.82 Å². The van der Waals surface area contributed by atoms with Crippen molar-refractivity contribution in [3.8, 4) is 34.0 Å². The number of benzene rings is 5. The van der Waals surface area contributed by atoms with E-state index in [4.69, 9.17) is 4.98 Å². The maximum absolute atomic E-state index is 5.30. The number of nitrogens with zero attached hydrogens (tertiary/aromatic N) is 4. The number of hydrogen-bond donors (Lipinski definition) is 0. The summed E-state index contributed by atoms with van der Waals surface area (Å²) in [5.41, 5.74) is 12.8. The molecule has 47 heavy (non-hydrogen) atoms. The molecule has 4 heteroatoms. The van der Waals surface area contributed by atoms with Crippen LogP contribution in [0.2, 0.25) is 0 Å². The predicted octanol–water partition coefficient (Wildman–Crippen LogP) is 10.6. The fourth-order valence-electron chi connectivity index (χ4n) is 8.25. The van der Waals surface area contributed by atoms with Crippen molar-refractivity contribution in [3.63, 3.8) is 0 Å². The van der Waals surface area contributed by atoms with E-state index in [0.29, 0.717) is 0 Å². The van der Waals surface area contributed by atoms with Crippen LogP contribution in [-0.4, -0.2) is 19.1 Å². The number of pyridine rings is 2. The van der Waals surface area contributed by atoms with Crippen molar-refractivity contribution in [2.24, 2.45) is 0 Å². The monoisotopic (exact) mass is 602 g/mol. The van der Waals surface area contributed by atoms with Gasteiger partial charge >= 0.3 is 0 Å². The molecule has 1 aliphatic carbocycles. The molecule has 0 saturated carbocycles. The zero-order chi connectivity index (χ0) is 31.3. The Morgan fingerprint density at radius 2 is 1.19 bits per heavy atom. The molecule has 222 valence electrons. The standard InChI is InChI=1S/C43H30N4/c1-43(2)31-20-9-6-17-28(31)37-40(43)38-29-18-7-11-24-35(29)47(36-25-14-22-33(45-36)32-21-12-13-26-44-32)42(38)39-30-19-8-10-23-34(30)46(41(37)39)27-15-4-3-5-16-27/h3-26H,1-2H3. The Morgan fingerprint density at radius 3 is 1.98 bits per heavy atom. The van der Waals surface area contributed by atoms with Crippen LogP contribution in [-0.2, 0) is 5.41 Å². The topological polar surface area (TPSA) is 35.6 Å². The molecular weight excluding hydrogens is 573 g/mol. The highest BCUT2D eigenvalue weighted by molar-refractivity contribution is 6.31. The van der Waals surface area contributed by atoms with Gasteiger partial charge in [0, 0.05) is 44.4 Å². The van der Waals surface area contributed by atoms with E-state index < -0.39 is 0 Å². The summed E-state index contributed by atoms with van der Waals surface area (Å²) < 4.78 is 4.89. The lowest BCUT2D eigenvalue weighted by atomic mass is 9.80. The summed E-state index contributed by atoms with van der Waals surface area (Å²) in [6.45, 7) is 4.79. The van der Waals surface area contributed by atoms with Gasteiger partial charge in [-0.3, -0.25) is 9.55 Å². The molecule has 0 spiro atoms. The van der Waals surface area contributed by atoms with Crippen LogP contribution < -0.4 is 0 Å². The summed E-state index contributed by atoms with van der Waals surface area (Å²) >= 11 is 0. The van der Waals surface area contributed by atoms with Gasteiger partial charge < -0.3 is 4.57 Å². The van der Waals surface area contributed by atoms with Crippen LogP contribution in [0.15, 0.2) is 146 Å². The van der Waals surface area contributed by atoms with Crippen LogP contribution in [0.3, 0.4) is 0 Å². The molecular formula is C43H30N4. The zero-order valence-corrected chi connectivity index (χ0v) is 26.1. The van der Waals surface area contributed by atoms with Crippen LogP contribution in [0.25, 0.3) is 77.6 Å². The summed E-state index contributed by atoms with van der Waals surface area (Å²) in [6.07, 6.45) is 1.83. The molecule has 0 fully saturated rings. The summed E-state index contributed by atoms with van der Waals surface area (Å²) in [7, 11) is 0. The van der Waals surface area contributed by atoms with E-state index in [9.17, 15) is 0 Å². The smallest absolute Gasteiger partial charge is 0.138 e. The van der Waals surface area contributed by atoms with Crippen molar-refractivity contribution in [2.75, 3.05) is 0 Å². The van der Waals surface area contributed by atoms with Crippen molar-refractivity contribution in [1.82, 2.24) is 19.1 Å². The third-order valence-corrected chi connectivity index (χ3v) is 10.1. The molecule has 5 aromatic carbocycles. The summed E-state index contributed by atoms with van der Waals surface area (Å²) in [4.78, 5) is 9.94. The molecule has 0 N–H and O–H groups in total. The molecule has 0 amide bonds. The lowest BCUT2D eigenvalue weighted by molar-refractivity contribution is 0.667. The Morgan fingerprint density at radius 1 is 0.532 bits per heavy atom. The molecule has 4 heterocycles. The number of fused-ring (bicyclic) bond motifs is 12. The van der Waals surface area contributed by atoms with Crippen LogP contribution in [0.5, 0.6) is 0 Å². The highest BCUT2D eigenvalue weighted by Crippen LogP contribution is 2.58. The Labute approximate surface area is 272 Å². The third kappa shape index (κ3) is 3.47. The van der Waals surface area contributed by atoms with Gasteiger partial charge in [0.25, 0.3) is 0 Å². The molecule has 0 aliphatic heterocycles. The first-order valence-electron chi connectivity index (χ1n) is 16.2. The van der Waals surface area contributed by atoms with Gasteiger partial charge in [0.05, 0.1) is 33.5 Å². The molecule has 0 unspecified atom stereocenters. The summed E-state index contributed by atoms with van der Waals surface area (Å²) in [6, 6.07) is 49.8. The van der Waals surface area contributed by atoms with Gasteiger partial charge in [-0.15, -0.1) is 0 Å². The lowest BCUT2D eigenvalue weighted by Gasteiger charge is -2.23. The maximum Gasteiger partial charge on any atom is 0.138 e. The van der Waals surface area contributed by atoms with Gasteiger partial charge in [0.15, 0.2) is 0 Å². The van der Waals surface area contributed by atoms with Crippen molar-refractivity contribution in [2.45, 2.75) is 19.3 Å². The van der Waals surface area contributed by atoms with Crippen LogP contribution in [0, 0.1) is 0 Å². The number of para-hydroxylation sites is 3. The van der Waals surface area contributed by atoms with E-state index in [1.54, 1.807) is 0 Å². The van der Waals surface area contributed by atoms with Crippen LogP contribution in [0.1, 0.15) is 25.0 Å². The van der Waals surface area contributed by atoms with Gasteiger partial charge in [-0.25, -0.2) is 4.98 Å². The Balaban J connectivity index is 1.50. The minimum absolute atomic E-state index is 0.228. The average Bonchev–Trinajstić information content (AvgIpc) is 3.73. The lowest BCUT2D eigenvalue weighted by Crippen LogP contribution is -2.15. The molecule has 10 rings (SSSR count). The minimum Gasteiger partial charge on any atom is -0.309 e. The normalized spacial score (nSPS) is 13.5. The van der Waals surface area contributed by atoms with E-state index in [-0.39, 0.29) is 5.41 Å². The molecule has 0 radical (unpaired) electrons. The molecule has 4 nitrogen and oxygen atoms in total. The molecule has 0 bridgehead atoms. The minimum atomic E-state index is -0.228. The third-order valence-electron chi connectivity index (χ3n) is 10.1. The van der Waals surface area contributed by atoms with E-state index in [2.05, 4.69) is 143 Å². The second-order valence-electron chi connectivity index (χ2n) is 13.0. The van der Waals surface area contributed by atoms with E-state index in [1.807, 2.05) is 30.5 Å². The number of aromatic nitrogens is 4. The average molecular weight is 603 g/mol. The second-order valence-corrected chi connectivity index (χ2v) is 13.0. The molecule has 0 saturated heterocycles. The second kappa shape index (κ2) is 9.51. The highest BCUT2D eigenvalue weighted by atomic mass is 15.1. The van der Waals surface area contributed by atoms with Gasteiger partial charge in [-0.1, -0.05) is 105 Å². The Bertz CT molecular complexity index is 2700. The van der Waals surface area contributed by atoms with Crippen molar-refractivity contribution in [3.05, 3.63) is 157 Å². The zero-order valence-electron chi connectivity index (χ0n) is 26.1. The molecule has 4 aromatic heterocycles. The van der Waals surface area contributed by atoms with Gasteiger partial charge in [-0.05, 0) is 65.2 Å². The van der Waals surface area contributed by atoms with Crippen LogP contribution >= 0.6 is 0 Å². The summed E-state index contributed by atoms with van der Waals surface area (Å²) in [5.74, 6) is 0.880. The highest BCUT2D eigenvalue weighted by Gasteiger charge is 2.41. The first-order chi connectivity index (χ1) is 23.1. The number of hydrogen-bond acceptors (Lipinski definition) is 2. The largest absolute Gasteiger partial charge is 0.309 e. The quantitative estimate of drug-likeness (QED) is 0.202.